The topological polar surface area (TPSA) is 67.8 Å². The van der Waals surface area contributed by atoms with Gasteiger partial charge in [-0.05, 0) is 19.4 Å². The molecule has 0 aliphatic rings. The minimum Gasteiger partial charge on any atom is -0.466 e. The number of ether oxygens (including phenoxy) is 1. The molecule has 1 rings (SSSR count). The number of amides is 1. The standard InChI is InChI=1S/C14H18N2O3/c1-3-19-14(18)9-11(2)15-16-13(17)10-12-7-5-4-6-8-12/h4-8H,3,9-10H2,1-2H3,(H,16,17)/b15-11-. The van der Waals surface area contributed by atoms with E-state index in [1.54, 1.807) is 13.8 Å². The van der Waals surface area contributed by atoms with Crippen LogP contribution in [-0.4, -0.2) is 24.2 Å². The Kier molecular flexibility index (Phi) is 6.29. The number of hydrogen-bond acceptors (Lipinski definition) is 4. The first-order valence-corrected chi connectivity index (χ1v) is 6.13. The Bertz CT molecular complexity index is 455. The predicted octanol–water partition coefficient (Wildman–Crippen LogP) is 1.67. The molecule has 0 spiro atoms. The number of nitrogens with one attached hydrogen (secondary N) is 1. The van der Waals surface area contributed by atoms with Crippen LogP contribution >= 0.6 is 0 Å². The summed E-state index contributed by atoms with van der Waals surface area (Å²) in [5.41, 5.74) is 3.85. The SMILES string of the molecule is CCOC(=O)C/C(C)=N\NC(=O)Cc1ccccc1. The van der Waals surface area contributed by atoms with E-state index < -0.39 is 0 Å². The van der Waals surface area contributed by atoms with Crippen LogP contribution < -0.4 is 5.43 Å². The van der Waals surface area contributed by atoms with Gasteiger partial charge in [-0.2, -0.15) is 5.10 Å². The Morgan fingerprint density at radius 1 is 1.26 bits per heavy atom. The lowest BCUT2D eigenvalue weighted by Gasteiger charge is -2.03. The minimum atomic E-state index is -0.346. The highest BCUT2D eigenvalue weighted by Crippen LogP contribution is 1.99. The molecule has 5 nitrogen and oxygen atoms in total. The summed E-state index contributed by atoms with van der Waals surface area (Å²) in [6.07, 6.45) is 0.344. The van der Waals surface area contributed by atoms with Crippen LogP contribution in [0, 0.1) is 0 Å². The van der Waals surface area contributed by atoms with Crippen molar-refractivity contribution in [3.63, 3.8) is 0 Å². The summed E-state index contributed by atoms with van der Waals surface area (Å²) in [5.74, 6) is -0.560. The number of hydrogen-bond donors (Lipinski definition) is 1. The highest BCUT2D eigenvalue weighted by molar-refractivity contribution is 5.98. The molecule has 0 atom stereocenters. The molecule has 1 amide bonds. The van der Waals surface area contributed by atoms with E-state index in [1.165, 1.54) is 0 Å². The molecular formula is C14H18N2O3. The van der Waals surface area contributed by atoms with Crippen molar-refractivity contribution in [2.75, 3.05) is 6.61 Å². The van der Waals surface area contributed by atoms with Gasteiger partial charge in [0.2, 0.25) is 5.91 Å². The van der Waals surface area contributed by atoms with Gasteiger partial charge in [0.1, 0.15) is 0 Å². The molecule has 0 fully saturated rings. The van der Waals surface area contributed by atoms with E-state index in [1.807, 2.05) is 30.3 Å². The molecule has 0 saturated heterocycles. The molecular weight excluding hydrogens is 244 g/mol. The van der Waals surface area contributed by atoms with E-state index in [4.69, 9.17) is 4.74 Å². The average Bonchev–Trinajstić information content (AvgIpc) is 2.38. The van der Waals surface area contributed by atoms with Crippen LogP contribution in [0.2, 0.25) is 0 Å². The van der Waals surface area contributed by atoms with Gasteiger partial charge in [0.05, 0.1) is 19.4 Å². The van der Waals surface area contributed by atoms with Crippen molar-refractivity contribution in [1.29, 1.82) is 0 Å². The molecule has 0 radical (unpaired) electrons. The van der Waals surface area contributed by atoms with Crippen molar-refractivity contribution >= 4 is 17.6 Å². The van der Waals surface area contributed by atoms with Crippen LogP contribution in [-0.2, 0) is 20.7 Å². The molecule has 0 bridgehead atoms. The highest BCUT2D eigenvalue weighted by Gasteiger charge is 2.05. The van der Waals surface area contributed by atoms with Gasteiger partial charge in [-0.15, -0.1) is 0 Å². The van der Waals surface area contributed by atoms with Crippen LogP contribution in [0.3, 0.4) is 0 Å². The molecule has 1 aromatic carbocycles. The Morgan fingerprint density at radius 2 is 1.95 bits per heavy atom. The average molecular weight is 262 g/mol. The van der Waals surface area contributed by atoms with Crippen LogP contribution in [0.25, 0.3) is 0 Å². The summed E-state index contributed by atoms with van der Waals surface area (Å²) in [5, 5.41) is 3.86. The molecule has 102 valence electrons. The summed E-state index contributed by atoms with van der Waals surface area (Å²) in [6, 6.07) is 9.38. The Balaban J connectivity index is 2.38. The lowest BCUT2D eigenvalue weighted by molar-refractivity contribution is -0.141. The van der Waals surface area contributed by atoms with Crippen LogP contribution in [0.5, 0.6) is 0 Å². The molecule has 0 heterocycles. The van der Waals surface area contributed by atoms with Gasteiger partial charge in [-0.3, -0.25) is 9.59 Å². The van der Waals surface area contributed by atoms with Crippen LogP contribution in [0.1, 0.15) is 25.8 Å². The molecule has 0 aromatic heterocycles. The van der Waals surface area contributed by atoms with Crippen molar-refractivity contribution in [2.45, 2.75) is 26.7 Å². The summed E-state index contributed by atoms with van der Waals surface area (Å²) in [6.45, 7) is 3.75. The van der Waals surface area contributed by atoms with Gasteiger partial charge in [0, 0.05) is 5.71 Å². The summed E-state index contributed by atoms with van der Waals surface area (Å²) >= 11 is 0. The third-order valence-corrected chi connectivity index (χ3v) is 2.28. The number of rotatable bonds is 6. The molecule has 19 heavy (non-hydrogen) atoms. The van der Waals surface area contributed by atoms with Gasteiger partial charge in [-0.25, -0.2) is 5.43 Å². The molecule has 0 aliphatic carbocycles. The predicted molar refractivity (Wildman–Crippen MR) is 72.6 cm³/mol. The smallest absolute Gasteiger partial charge is 0.311 e. The summed E-state index contributed by atoms with van der Waals surface area (Å²) < 4.78 is 4.78. The van der Waals surface area contributed by atoms with Gasteiger partial charge < -0.3 is 4.74 Å². The maximum atomic E-state index is 11.6. The molecule has 1 aromatic rings. The Hall–Kier alpha value is -2.17. The molecule has 0 unspecified atom stereocenters. The van der Waals surface area contributed by atoms with E-state index in [2.05, 4.69) is 10.5 Å². The van der Waals surface area contributed by atoms with Gasteiger partial charge in [0.25, 0.3) is 0 Å². The van der Waals surface area contributed by atoms with Gasteiger partial charge in [0.15, 0.2) is 0 Å². The van der Waals surface area contributed by atoms with Crippen molar-refractivity contribution in [2.24, 2.45) is 5.10 Å². The van der Waals surface area contributed by atoms with Gasteiger partial charge >= 0.3 is 5.97 Å². The maximum Gasteiger partial charge on any atom is 0.311 e. The van der Waals surface area contributed by atoms with E-state index in [0.717, 1.165) is 5.56 Å². The summed E-state index contributed by atoms with van der Waals surface area (Å²) in [4.78, 5) is 22.8. The first-order valence-electron chi connectivity index (χ1n) is 6.13. The lowest BCUT2D eigenvalue weighted by Crippen LogP contribution is -2.22. The van der Waals surface area contributed by atoms with E-state index in [-0.39, 0.29) is 24.7 Å². The van der Waals surface area contributed by atoms with E-state index in [9.17, 15) is 9.59 Å². The number of esters is 1. The number of carbonyl (C=O) groups excluding carboxylic acids is 2. The summed E-state index contributed by atoms with van der Waals surface area (Å²) in [7, 11) is 0. The second-order valence-electron chi connectivity index (χ2n) is 4.03. The Labute approximate surface area is 112 Å². The molecule has 5 heteroatoms. The largest absolute Gasteiger partial charge is 0.466 e. The van der Waals surface area contributed by atoms with Crippen molar-refractivity contribution in [1.82, 2.24) is 5.43 Å². The van der Waals surface area contributed by atoms with Crippen molar-refractivity contribution in [3.8, 4) is 0 Å². The van der Waals surface area contributed by atoms with Crippen LogP contribution in [0.4, 0.5) is 0 Å². The quantitative estimate of drug-likeness (QED) is 0.482. The fourth-order valence-electron chi connectivity index (χ4n) is 1.44. The second kappa shape index (κ2) is 8.02. The molecule has 0 aliphatic heterocycles. The third-order valence-electron chi connectivity index (χ3n) is 2.28. The Morgan fingerprint density at radius 3 is 2.58 bits per heavy atom. The first kappa shape index (κ1) is 14.9. The zero-order valence-corrected chi connectivity index (χ0v) is 11.2. The fourth-order valence-corrected chi connectivity index (χ4v) is 1.44. The number of benzene rings is 1. The van der Waals surface area contributed by atoms with Crippen molar-refractivity contribution < 1.29 is 14.3 Å². The van der Waals surface area contributed by atoms with Crippen molar-refractivity contribution in [3.05, 3.63) is 35.9 Å². The van der Waals surface area contributed by atoms with E-state index >= 15 is 0 Å². The monoisotopic (exact) mass is 262 g/mol. The van der Waals surface area contributed by atoms with Crippen LogP contribution in [0.15, 0.2) is 35.4 Å². The maximum absolute atomic E-state index is 11.6. The molecule has 1 N–H and O–H groups in total. The molecule has 0 saturated carbocycles. The lowest BCUT2D eigenvalue weighted by atomic mass is 10.1. The zero-order valence-electron chi connectivity index (χ0n) is 11.2. The number of hydrazone groups is 1. The zero-order chi connectivity index (χ0) is 14.1. The normalized spacial score (nSPS) is 10.9. The third kappa shape index (κ3) is 6.35. The number of carbonyl (C=O) groups is 2. The van der Waals surface area contributed by atoms with E-state index in [0.29, 0.717) is 12.3 Å². The highest BCUT2D eigenvalue weighted by atomic mass is 16.5. The first-order chi connectivity index (χ1) is 9.11. The fraction of sp³-hybridized carbons (Fsp3) is 0.357. The second-order valence-corrected chi connectivity index (χ2v) is 4.03. The number of nitrogens with zero attached hydrogens (tertiary/aromatic N) is 1. The van der Waals surface area contributed by atoms with Gasteiger partial charge in [-0.1, -0.05) is 30.3 Å². The minimum absolute atomic E-state index is 0.0828.